The Morgan fingerprint density at radius 2 is 2.00 bits per heavy atom. The second-order valence-electron chi connectivity index (χ2n) is 5.70. The topological polar surface area (TPSA) is 61.4 Å². The summed E-state index contributed by atoms with van der Waals surface area (Å²) in [5.41, 5.74) is 0.664. The van der Waals surface area contributed by atoms with Gasteiger partial charge in [0, 0.05) is 13.2 Å². The Hall–Kier alpha value is -1.39. The van der Waals surface area contributed by atoms with Crippen LogP contribution in [0.4, 0.5) is 0 Å². The molecule has 4 nitrogen and oxygen atoms in total. The van der Waals surface area contributed by atoms with Gasteiger partial charge in [-0.25, -0.2) is 0 Å². The van der Waals surface area contributed by atoms with Gasteiger partial charge in [-0.15, -0.1) is 0 Å². The van der Waals surface area contributed by atoms with Crippen LogP contribution in [-0.4, -0.2) is 37.3 Å². The molecule has 0 bridgehead atoms. The highest BCUT2D eigenvalue weighted by Crippen LogP contribution is 2.33. The van der Waals surface area contributed by atoms with E-state index in [0.717, 1.165) is 31.5 Å². The van der Waals surface area contributed by atoms with E-state index in [1.807, 2.05) is 37.3 Å². The molecule has 0 radical (unpaired) electrons. The summed E-state index contributed by atoms with van der Waals surface area (Å²) >= 11 is 0. The van der Waals surface area contributed by atoms with E-state index >= 15 is 0 Å². The number of aliphatic hydroxyl groups excluding tert-OH is 1. The van der Waals surface area contributed by atoms with Crippen LogP contribution in [0.5, 0.6) is 0 Å². The van der Waals surface area contributed by atoms with Crippen LogP contribution in [0.3, 0.4) is 0 Å². The largest absolute Gasteiger partial charge is 0.396 e. The highest BCUT2D eigenvalue weighted by molar-refractivity contribution is 5.88. The molecule has 4 heteroatoms. The zero-order valence-electron chi connectivity index (χ0n) is 12.1. The van der Waals surface area contributed by atoms with E-state index in [2.05, 4.69) is 10.6 Å². The fourth-order valence-corrected chi connectivity index (χ4v) is 2.76. The van der Waals surface area contributed by atoms with Crippen LogP contribution in [0, 0.1) is 5.92 Å². The van der Waals surface area contributed by atoms with Crippen molar-refractivity contribution in [2.45, 2.75) is 25.2 Å². The number of carbonyl (C=O) groups is 1. The summed E-state index contributed by atoms with van der Waals surface area (Å²) in [6.45, 7) is 4.27. The normalized spacial score (nSPS) is 19.3. The van der Waals surface area contributed by atoms with Gasteiger partial charge in [0.05, 0.1) is 5.41 Å². The molecule has 1 aromatic carbocycles. The summed E-state index contributed by atoms with van der Waals surface area (Å²) in [7, 11) is 0. The number of aliphatic hydroxyl groups is 1. The van der Waals surface area contributed by atoms with Crippen molar-refractivity contribution < 1.29 is 9.90 Å². The first-order chi connectivity index (χ1) is 9.69. The summed E-state index contributed by atoms with van der Waals surface area (Å²) in [6, 6.07) is 10.0. The molecule has 0 spiro atoms. The van der Waals surface area contributed by atoms with Crippen molar-refractivity contribution in [2.75, 3.05) is 26.2 Å². The van der Waals surface area contributed by atoms with Gasteiger partial charge in [-0.05, 0) is 37.4 Å². The van der Waals surface area contributed by atoms with Gasteiger partial charge in [0.1, 0.15) is 0 Å². The van der Waals surface area contributed by atoms with Crippen LogP contribution in [0.25, 0.3) is 0 Å². The number of benzene rings is 1. The van der Waals surface area contributed by atoms with Gasteiger partial charge in [-0.3, -0.25) is 4.79 Å². The molecule has 1 heterocycles. The monoisotopic (exact) mass is 276 g/mol. The standard InChI is InChI=1S/C16H24N2O2/c1-13(12-19)11-18-15(20)16(7-9-17-10-8-16)14-5-3-2-4-6-14/h2-6,13,17,19H,7-12H2,1H3,(H,18,20). The van der Waals surface area contributed by atoms with Gasteiger partial charge in [-0.2, -0.15) is 0 Å². The van der Waals surface area contributed by atoms with Gasteiger partial charge in [-0.1, -0.05) is 37.3 Å². The summed E-state index contributed by atoms with van der Waals surface area (Å²) < 4.78 is 0. The number of carbonyl (C=O) groups excluding carboxylic acids is 1. The predicted molar refractivity (Wildman–Crippen MR) is 79.5 cm³/mol. The Morgan fingerprint density at radius 1 is 1.35 bits per heavy atom. The SMILES string of the molecule is CC(CO)CNC(=O)C1(c2ccccc2)CCNCC1. The van der Waals surface area contributed by atoms with Crippen molar-refractivity contribution in [1.29, 1.82) is 0 Å². The maximum absolute atomic E-state index is 12.7. The molecule has 1 aromatic rings. The van der Waals surface area contributed by atoms with Crippen molar-refractivity contribution >= 4 is 5.91 Å². The molecule has 1 fully saturated rings. The molecule has 1 amide bonds. The first kappa shape index (κ1) is 15.0. The number of rotatable bonds is 5. The van der Waals surface area contributed by atoms with E-state index in [0.29, 0.717) is 6.54 Å². The molecule has 0 saturated carbocycles. The van der Waals surface area contributed by atoms with Crippen molar-refractivity contribution in [1.82, 2.24) is 10.6 Å². The van der Waals surface area contributed by atoms with Crippen molar-refractivity contribution in [3.63, 3.8) is 0 Å². The maximum Gasteiger partial charge on any atom is 0.230 e. The number of hydrogen-bond acceptors (Lipinski definition) is 3. The van der Waals surface area contributed by atoms with E-state index in [4.69, 9.17) is 5.11 Å². The van der Waals surface area contributed by atoms with Gasteiger partial charge >= 0.3 is 0 Å². The van der Waals surface area contributed by atoms with Crippen LogP contribution in [0.15, 0.2) is 30.3 Å². The second kappa shape index (κ2) is 6.86. The molecule has 1 aliphatic heterocycles. The third-order valence-corrected chi connectivity index (χ3v) is 4.14. The zero-order valence-corrected chi connectivity index (χ0v) is 12.1. The van der Waals surface area contributed by atoms with Crippen LogP contribution in [0.2, 0.25) is 0 Å². The van der Waals surface area contributed by atoms with Crippen molar-refractivity contribution in [3.05, 3.63) is 35.9 Å². The third kappa shape index (κ3) is 3.19. The lowest BCUT2D eigenvalue weighted by Crippen LogP contribution is -2.51. The van der Waals surface area contributed by atoms with Gasteiger partial charge in [0.25, 0.3) is 0 Å². The molecular formula is C16H24N2O2. The van der Waals surface area contributed by atoms with Gasteiger partial charge in [0.15, 0.2) is 0 Å². The highest BCUT2D eigenvalue weighted by atomic mass is 16.3. The summed E-state index contributed by atoms with van der Waals surface area (Å²) in [5.74, 6) is 0.180. The van der Waals surface area contributed by atoms with Crippen LogP contribution >= 0.6 is 0 Å². The van der Waals surface area contributed by atoms with E-state index in [9.17, 15) is 4.79 Å². The lowest BCUT2D eigenvalue weighted by Gasteiger charge is -2.37. The van der Waals surface area contributed by atoms with Crippen LogP contribution in [-0.2, 0) is 10.2 Å². The second-order valence-corrected chi connectivity index (χ2v) is 5.70. The molecular weight excluding hydrogens is 252 g/mol. The minimum atomic E-state index is -0.429. The minimum Gasteiger partial charge on any atom is -0.396 e. The molecule has 2 rings (SSSR count). The smallest absolute Gasteiger partial charge is 0.230 e. The molecule has 3 N–H and O–H groups in total. The third-order valence-electron chi connectivity index (χ3n) is 4.14. The molecule has 1 atom stereocenters. The molecule has 20 heavy (non-hydrogen) atoms. The molecule has 0 aromatic heterocycles. The lowest BCUT2D eigenvalue weighted by molar-refractivity contribution is -0.128. The first-order valence-electron chi connectivity index (χ1n) is 7.34. The number of nitrogens with one attached hydrogen (secondary N) is 2. The zero-order chi connectivity index (χ0) is 14.4. The lowest BCUT2D eigenvalue weighted by atomic mass is 9.72. The Morgan fingerprint density at radius 3 is 2.60 bits per heavy atom. The van der Waals surface area contributed by atoms with Crippen molar-refractivity contribution in [3.8, 4) is 0 Å². The quantitative estimate of drug-likeness (QED) is 0.753. The summed E-state index contributed by atoms with van der Waals surface area (Å²) in [6.07, 6.45) is 1.63. The molecule has 1 saturated heterocycles. The van der Waals surface area contributed by atoms with Gasteiger partial charge in [0.2, 0.25) is 5.91 Å². The van der Waals surface area contributed by atoms with E-state index in [-0.39, 0.29) is 18.4 Å². The van der Waals surface area contributed by atoms with E-state index in [1.54, 1.807) is 0 Å². The van der Waals surface area contributed by atoms with Crippen molar-refractivity contribution in [2.24, 2.45) is 5.92 Å². The molecule has 0 aliphatic carbocycles. The summed E-state index contributed by atoms with van der Waals surface area (Å²) in [5, 5.41) is 15.4. The van der Waals surface area contributed by atoms with Crippen LogP contribution in [0.1, 0.15) is 25.3 Å². The highest BCUT2D eigenvalue weighted by Gasteiger charge is 2.40. The first-order valence-corrected chi connectivity index (χ1v) is 7.34. The molecule has 1 unspecified atom stereocenters. The number of piperidine rings is 1. The number of amides is 1. The Labute approximate surface area is 120 Å². The van der Waals surface area contributed by atoms with E-state index < -0.39 is 5.41 Å². The Balaban J connectivity index is 2.17. The van der Waals surface area contributed by atoms with Gasteiger partial charge < -0.3 is 15.7 Å². The molecule has 1 aliphatic rings. The van der Waals surface area contributed by atoms with Crippen LogP contribution < -0.4 is 10.6 Å². The summed E-state index contributed by atoms with van der Waals surface area (Å²) in [4.78, 5) is 12.7. The average Bonchev–Trinajstić information content (AvgIpc) is 2.53. The Bertz CT molecular complexity index is 427. The maximum atomic E-state index is 12.7. The fraction of sp³-hybridized carbons (Fsp3) is 0.562. The fourth-order valence-electron chi connectivity index (χ4n) is 2.76. The predicted octanol–water partition coefficient (Wildman–Crippen LogP) is 1.05. The van der Waals surface area contributed by atoms with E-state index in [1.165, 1.54) is 0 Å². The number of hydrogen-bond donors (Lipinski definition) is 3. The Kier molecular flexibility index (Phi) is 5.15. The minimum absolute atomic E-state index is 0.0884. The molecule has 110 valence electrons. The average molecular weight is 276 g/mol.